The fraction of sp³-hybridized carbons (Fsp3) is 0.348. The highest BCUT2D eigenvalue weighted by atomic mass is 16.5. The Morgan fingerprint density at radius 1 is 1.07 bits per heavy atom. The van der Waals surface area contributed by atoms with Crippen LogP contribution >= 0.6 is 0 Å². The number of carbonyl (C=O) groups is 1. The Bertz CT molecular complexity index is 922. The maximum atomic E-state index is 12.8. The van der Waals surface area contributed by atoms with Crippen LogP contribution in [0.1, 0.15) is 24.1 Å². The molecule has 29 heavy (non-hydrogen) atoms. The first-order chi connectivity index (χ1) is 14.3. The van der Waals surface area contributed by atoms with Gasteiger partial charge in [0.15, 0.2) is 0 Å². The lowest BCUT2D eigenvalue weighted by molar-refractivity contribution is -0.125. The zero-order valence-electron chi connectivity index (χ0n) is 16.5. The average molecular weight is 390 g/mol. The fourth-order valence-electron chi connectivity index (χ4n) is 3.58. The second-order valence-electron chi connectivity index (χ2n) is 7.42. The first kappa shape index (κ1) is 19.3. The van der Waals surface area contributed by atoms with Crippen molar-refractivity contribution in [1.82, 2.24) is 20.3 Å². The number of benzene rings is 2. The van der Waals surface area contributed by atoms with Crippen molar-refractivity contribution in [3.8, 4) is 11.1 Å². The number of hydrogen-bond acceptors (Lipinski definition) is 4. The molecule has 6 nitrogen and oxygen atoms in total. The molecule has 1 atom stereocenters. The summed E-state index contributed by atoms with van der Waals surface area (Å²) >= 11 is 0. The predicted molar refractivity (Wildman–Crippen MR) is 111 cm³/mol. The number of fused-ring (bicyclic) bond motifs is 2. The highest BCUT2D eigenvalue weighted by molar-refractivity contribution is 5.79. The average Bonchev–Trinajstić information content (AvgIpc) is 3.22. The normalized spacial score (nSPS) is 18.2. The van der Waals surface area contributed by atoms with Crippen LogP contribution in [0.5, 0.6) is 0 Å². The number of hydrogen-bond donors (Lipinski definition) is 1. The van der Waals surface area contributed by atoms with E-state index in [-0.39, 0.29) is 11.8 Å². The van der Waals surface area contributed by atoms with Gasteiger partial charge in [0.1, 0.15) is 5.69 Å². The van der Waals surface area contributed by atoms with Crippen LogP contribution in [0.4, 0.5) is 0 Å². The molecule has 0 saturated carbocycles. The highest BCUT2D eigenvalue weighted by Crippen LogP contribution is 2.21. The van der Waals surface area contributed by atoms with E-state index in [1.165, 1.54) is 11.1 Å². The van der Waals surface area contributed by atoms with Gasteiger partial charge in [0.25, 0.3) is 0 Å². The van der Waals surface area contributed by atoms with Crippen molar-refractivity contribution in [2.75, 3.05) is 13.2 Å². The number of nitrogens with zero attached hydrogens (tertiary/aromatic N) is 3. The van der Waals surface area contributed by atoms with Crippen LogP contribution in [0.25, 0.3) is 11.1 Å². The Labute approximate surface area is 170 Å². The molecule has 1 aromatic heterocycles. The van der Waals surface area contributed by atoms with E-state index in [9.17, 15) is 4.79 Å². The molecule has 0 spiro atoms. The molecule has 4 rings (SSSR count). The molecule has 2 heterocycles. The van der Waals surface area contributed by atoms with Crippen LogP contribution in [0.3, 0.4) is 0 Å². The van der Waals surface area contributed by atoms with Crippen molar-refractivity contribution in [2.45, 2.75) is 32.4 Å². The van der Waals surface area contributed by atoms with E-state index in [2.05, 4.69) is 52.0 Å². The maximum absolute atomic E-state index is 12.8. The summed E-state index contributed by atoms with van der Waals surface area (Å²) in [6, 6.07) is 18.8. The molecule has 6 heteroatoms. The number of nitrogens with one attached hydrogen (secondary N) is 1. The van der Waals surface area contributed by atoms with Crippen molar-refractivity contribution < 1.29 is 9.53 Å². The second-order valence-corrected chi connectivity index (χ2v) is 7.42. The SMILES string of the molecule is O=C1NCCCOCc2cn(nn2)CC[C@@H]1Cc1ccc(-c2ccccc2)cc1. The van der Waals surface area contributed by atoms with Gasteiger partial charge >= 0.3 is 0 Å². The molecule has 3 aromatic rings. The number of rotatable bonds is 3. The molecule has 1 N–H and O–H groups in total. The van der Waals surface area contributed by atoms with Gasteiger partial charge in [-0.2, -0.15) is 0 Å². The summed E-state index contributed by atoms with van der Waals surface area (Å²) in [4.78, 5) is 12.8. The summed E-state index contributed by atoms with van der Waals surface area (Å²) in [6.07, 6.45) is 4.12. The molecular weight excluding hydrogens is 364 g/mol. The van der Waals surface area contributed by atoms with Gasteiger partial charge in [-0.15, -0.1) is 5.10 Å². The minimum Gasteiger partial charge on any atom is -0.375 e. The second kappa shape index (κ2) is 9.47. The number of aromatic nitrogens is 3. The Kier molecular flexibility index (Phi) is 6.32. The minimum absolute atomic E-state index is 0.0942. The zero-order valence-corrected chi connectivity index (χ0v) is 16.5. The van der Waals surface area contributed by atoms with Crippen LogP contribution in [0.2, 0.25) is 0 Å². The molecule has 1 amide bonds. The van der Waals surface area contributed by atoms with Crippen LogP contribution in [0, 0.1) is 5.92 Å². The Balaban J connectivity index is 1.46. The third-order valence-electron chi connectivity index (χ3n) is 5.22. The van der Waals surface area contributed by atoms with E-state index in [1.807, 2.05) is 24.4 Å². The quantitative estimate of drug-likeness (QED) is 0.746. The Morgan fingerprint density at radius 3 is 2.69 bits per heavy atom. The van der Waals surface area contributed by atoms with Crippen molar-refractivity contribution >= 4 is 5.91 Å². The van der Waals surface area contributed by atoms with E-state index in [1.54, 1.807) is 4.68 Å². The Hall–Kier alpha value is -2.99. The van der Waals surface area contributed by atoms with Gasteiger partial charge in [-0.25, -0.2) is 0 Å². The number of amides is 1. The van der Waals surface area contributed by atoms with E-state index < -0.39 is 0 Å². The lowest BCUT2D eigenvalue weighted by Crippen LogP contribution is -2.33. The predicted octanol–water partition coefficient (Wildman–Crippen LogP) is 3.23. The molecule has 0 saturated heterocycles. The first-order valence-corrected chi connectivity index (χ1v) is 10.2. The van der Waals surface area contributed by atoms with E-state index in [4.69, 9.17) is 4.74 Å². The minimum atomic E-state index is -0.105. The summed E-state index contributed by atoms with van der Waals surface area (Å²) in [5, 5.41) is 11.4. The van der Waals surface area contributed by atoms with E-state index in [0.29, 0.717) is 32.7 Å². The molecule has 0 radical (unpaired) electrons. The topological polar surface area (TPSA) is 69.0 Å². The van der Waals surface area contributed by atoms with Gasteiger partial charge in [0.05, 0.1) is 12.8 Å². The molecule has 0 fully saturated rings. The summed E-state index contributed by atoms with van der Waals surface area (Å²) in [5.74, 6) is -0.0105. The fourth-order valence-corrected chi connectivity index (χ4v) is 3.58. The number of aryl methyl sites for hydroxylation is 1. The van der Waals surface area contributed by atoms with E-state index in [0.717, 1.165) is 24.1 Å². The largest absolute Gasteiger partial charge is 0.375 e. The summed E-state index contributed by atoms with van der Waals surface area (Å²) in [6.45, 7) is 2.35. The smallest absolute Gasteiger partial charge is 0.223 e. The van der Waals surface area contributed by atoms with Crippen LogP contribution < -0.4 is 5.32 Å². The molecule has 2 aromatic carbocycles. The van der Waals surface area contributed by atoms with Gasteiger partial charge in [0.2, 0.25) is 5.91 Å². The molecule has 150 valence electrons. The van der Waals surface area contributed by atoms with Gasteiger partial charge in [-0.3, -0.25) is 9.48 Å². The third-order valence-corrected chi connectivity index (χ3v) is 5.22. The lowest BCUT2D eigenvalue weighted by atomic mass is 9.94. The first-order valence-electron chi connectivity index (χ1n) is 10.2. The lowest BCUT2D eigenvalue weighted by Gasteiger charge is -2.17. The van der Waals surface area contributed by atoms with Crippen LogP contribution in [-0.2, 0) is 29.1 Å². The Morgan fingerprint density at radius 2 is 1.86 bits per heavy atom. The van der Waals surface area contributed by atoms with Gasteiger partial charge in [-0.1, -0.05) is 59.8 Å². The van der Waals surface area contributed by atoms with Gasteiger partial charge in [0, 0.05) is 25.6 Å². The number of ether oxygens (including phenoxy) is 1. The molecular formula is C23H26N4O2. The van der Waals surface area contributed by atoms with Gasteiger partial charge < -0.3 is 10.1 Å². The maximum Gasteiger partial charge on any atom is 0.223 e. The van der Waals surface area contributed by atoms with Gasteiger partial charge in [-0.05, 0) is 36.0 Å². The van der Waals surface area contributed by atoms with Crippen LogP contribution in [-0.4, -0.2) is 34.1 Å². The van der Waals surface area contributed by atoms with Crippen molar-refractivity contribution in [3.05, 3.63) is 72.1 Å². The molecule has 1 aliphatic heterocycles. The molecule has 0 unspecified atom stereocenters. The highest BCUT2D eigenvalue weighted by Gasteiger charge is 2.19. The van der Waals surface area contributed by atoms with Crippen molar-refractivity contribution in [2.24, 2.45) is 5.92 Å². The van der Waals surface area contributed by atoms with Crippen molar-refractivity contribution in [3.63, 3.8) is 0 Å². The van der Waals surface area contributed by atoms with Crippen molar-refractivity contribution in [1.29, 1.82) is 0 Å². The zero-order chi connectivity index (χ0) is 19.9. The van der Waals surface area contributed by atoms with E-state index >= 15 is 0 Å². The monoisotopic (exact) mass is 390 g/mol. The summed E-state index contributed by atoms with van der Waals surface area (Å²) in [7, 11) is 0. The standard InChI is InChI=1S/C23H26N4O2/c28-23-21(11-13-27-16-22(25-26-27)17-29-14-4-12-24-23)15-18-7-9-20(10-8-18)19-5-2-1-3-6-19/h1-3,5-10,16,21H,4,11-15,17H2,(H,24,28)/t21-/m1/s1. The number of carbonyl (C=O) groups excluding carboxylic acids is 1. The summed E-state index contributed by atoms with van der Waals surface area (Å²) < 4.78 is 7.38. The molecule has 1 aliphatic rings. The third kappa shape index (κ3) is 5.29. The summed E-state index contributed by atoms with van der Waals surface area (Å²) in [5.41, 5.74) is 4.38. The molecule has 2 bridgehead atoms. The van der Waals surface area contributed by atoms with Crippen LogP contribution in [0.15, 0.2) is 60.8 Å². The molecule has 0 aliphatic carbocycles.